The summed E-state index contributed by atoms with van der Waals surface area (Å²) in [4.78, 5) is 28.5. The van der Waals surface area contributed by atoms with Crippen molar-refractivity contribution in [3.63, 3.8) is 0 Å². The van der Waals surface area contributed by atoms with Crippen molar-refractivity contribution in [3.8, 4) is 0 Å². The molecule has 3 rings (SSSR count). The summed E-state index contributed by atoms with van der Waals surface area (Å²) in [5.74, 6) is -0.677. The number of anilines is 2. The number of halogens is 2. The number of aromatic amines is 1. The van der Waals surface area contributed by atoms with Crippen LogP contribution in [0.1, 0.15) is 20.8 Å². The summed E-state index contributed by atoms with van der Waals surface area (Å²) in [6.07, 6.45) is 3.12. The Bertz CT molecular complexity index is 929. The van der Waals surface area contributed by atoms with E-state index in [1.807, 2.05) is 0 Å². The molecule has 0 saturated heterocycles. The second-order valence-electron chi connectivity index (χ2n) is 4.89. The maximum atomic E-state index is 12.3. The highest BCUT2D eigenvalue weighted by Crippen LogP contribution is 2.26. The molecule has 0 aliphatic rings. The number of carbonyl (C=O) groups is 2. The molecule has 0 atom stereocenters. The van der Waals surface area contributed by atoms with Crippen LogP contribution in [0.2, 0.25) is 5.02 Å². The second-order valence-corrected chi connectivity index (χ2v) is 6.09. The number of rotatable bonds is 4. The Kier molecular flexibility index (Phi) is 5.11. The first kappa shape index (κ1) is 17.1. The Balaban J connectivity index is 1.76. The zero-order valence-electron chi connectivity index (χ0n) is 12.6. The van der Waals surface area contributed by atoms with Crippen LogP contribution in [0.5, 0.6) is 0 Å². The number of carbonyl (C=O) groups excluding carboxylic acids is 2. The molecule has 0 aliphatic carbocycles. The number of nitrogens with one attached hydrogen (secondary N) is 3. The van der Waals surface area contributed by atoms with Gasteiger partial charge >= 0.3 is 0 Å². The summed E-state index contributed by atoms with van der Waals surface area (Å²) in [7, 11) is 0. The number of aromatic nitrogens is 3. The third-order valence-corrected chi connectivity index (χ3v) is 4.31. The summed E-state index contributed by atoms with van der Waals surface area (Å²) in [5.41, 5.74) is 1.01. The van der Waals surface area contributed by atoms with Crippen LogP contribution in [0.3, 0.4) is 0 Å². The van der Waals surface area contributed by atoms with Crippen LogP contribution in [-0.2, 0) is 0 Å². The molecular formula is C16H11BrClN5O2. The average molecular weight is 421 g/mol. The van der Waals surface area contributed by atoms with Crippen molar-refractivity contribution < 1.29 is 9.59 Å². The summed E-state index contributed by atoms with van der Waals surface area (Å²) in [5, 5.41) is 12.1. The van der Waals surface area contributed by atoms with Gasteiger partial charge in [0.2, 0.25) is 0 Å². The van der Waals surface area contributed by atoms with Gasteiger partial charge in [-0.05, 0) is 40.2 Å². The van der Waals surface area contributed by atoms with Gasteiger partial charge in [-0.15, -0.1) is 0 Å². The maximum absolute atomic E-state index is 12.3. The van der Waals surface area contributed by atoms with E-state index >= 15 is 0 Å². The van der Waals surface area contributed by atoms with Gasteiger partial charge in [0, 0.05) is 6.20 Å². The largest absolute Gasteiger partial charge is 0.319 e. The Hall–Kier alpha value is -2.71. The number of amides is 2. The zero-order valence-corrected chi connectivity index (χ0v) is 14.9. The van der Waals surface area contributed by atoms with Crippen molar-refractivity contribution in [1.82, 2.24) is 15.2 Å². The smallest absolute Gasteiger partial charge is 0.274 e. The lowest BCUT2D eigenvalue weighted by molar-refractivity contribution is 0.101. The fourth-order valence-corrected chi connectivity index (χ4v) is 2.69. The fraction of sp³-hybridized carbons (Fsp3) is 0. The lowest BCUT2D eigenvalue weighted by atomic mass is 10.2. The summed E-state index contributed by atoms with van der Waals surface area (Å²) < 4.78 is 0.328. The van der Waals surface area contributed by atoms with Crippen molar-refractivity contribution in [2.45, 2.75) is 0 Å². The van der Waals surface area contributed by atoms with E-state index in [4.69, 9.17) is 11.6 Å². The van der Waals surface area contributed by atoms with Crippen LogP contribution in [0, 0.1) is 0 Å². The number of nitrogens with zero attached hydrogens (tertiary/aromatic N) is 2. The Labute approximate surface area is 155 Å². The highest BCUT2D eigenvalue weighted by Gasteiger charge is 2.20. The summed E-state index contributed by atoms with van der Waals surface area (Å²) in [6.45, 7) is 0. The molecule has 3 N–H and O–H groups in total. The number of hydrogen-bond donors (Lipinski definition) is 3. The highest BCUT2D eigenvalue weighted by molar-refractivity contribution is 9.10. The molecule has 1 aromatic carbocycles. The minimum atomic E-state index is -0.433. The van der Waals surface area contributed by atoms with Crippen molar-refractivity contribution in [2.24, 2.45) is 0 Å². The van der Waals surface area contributed by atoms with Crippen molar-refractivity contribution >= 4 is 50.9 Å². The van der Waals surface area contributed by atoms with E-state index in [1.165, 1.54) is 6.20 Å². The van der Waals surface area contributed by atoms with Crippen LogP contribution in [0.25, 0.3) is 0 Å². The van der Waals surface area contributed by atoms with Crippen molar-refractivity contribution in [3.05, 3.63) is 69.5 Å². The van der Waals surface area contributed by atoms with Crippen LogP contribution >= 0.6 is 27.5 Å². The molecule has 9 heteroatoms. The Morgan fingerprint density at radius 3 is 2.60 bits per heavy atom. The van der Waals surface area contributed by atoms with Crippen LogP contribution in [-0.4, -0.2) is 27.0 Å². The average Bonchev–Trinajstić information content (AvgIpc) is 2.97. The van der Waals surface area contributed by atoms with Crippen LogP contribution < -0.4 is 10.6 Å². The standard InChI is InChI=1S/C16H11BrClN5O2/c17-12-13(16(25)20-9-4-3-7-19-8-9)22-23-14(12)21-15(24)10-5-1-2-6-11(10)18/h1-8H,(H,20,25)(H2,21,22,23,24). The summed E-state index contributed by atoms with van der Waals surface area (Å²) >= 11 is 9.27. The van der Waals surface area contributed by atoms with Crippen molar-refractivity contribution in [2.75, 3.05) is 10.6 Å². The van der Waals surface area contributed by atoms with E-state index in [0.29, 0.717) is 20.7 Å². The molecule has 0 spiro atoms. The van der Waals surface area contributed by atoms with Gasteiger partial charge in [0.1, 0.15) is 5.69 Å². The van der Waals surface area contributed by atoms with E-state index in [0.717, 1.165) is 0 Å². The predicted molar refractivity (Wildman–Crippen MR) is 97.9 cm³/mol. The van der Waals surface area contributed by atoms with E-state index in [2.05, 4.69) is 41.7 Å². The number of benzene rings is 1. The summed E-state index contributed by atoms with van der Waals surface area (Å²) in [6, 6.07) is 10.0. The molecule has 0 bridgehead atoms. The lowest BCUT2D eigenvalue weighted by Crippen LogP contribution is -2.14. The SMILES string of the molecule is O=C(Nc1n[nH]c(C(=O)Nc2cccnc2)c1Br)c1ccccc1Cl. The maximum Gasteiger partial charge on any atom is 0.274 e. The van der Waals surface area contributed by atoms with Gasteiger partial charge in [0.15, 0.2) is 5.82 Å². The quantitative estimate of drug-likeness (QED) is 0.599. The molecule has 0 unspecified atom stereocenters. The highest BCUT2D eigenvalue weighted by atomic mass is 79.9. The van der Waals surface area contributed by atoms with E-state index in [9.17, 15) is 9.59 Å². The predicted octanol–water partition coefficient (Wildman–Crippen LogP) is 3.73. The molecule has 0 aliphatic heterocycles. The number of H-pyrrole nitrogens is 1. The van der Waals surface area contributed by atoms with E-state index < -0.39 is 11.8 Å². The first-order chi connectivity index (χ1) is 12.1. The van der Waals surface area contributed by atoms with Gasteiger partial charge < -0.3 is 10.6 Å². The number of hydrogen-bond acceptors (Lipinski definition) is 4. The first-order valence-electron chi connectivity index (χ1n) is 7.07. The van der Waals surface area contributed by atoms with Crippen LogP contribution in [0.15, 0.2) is 53.3 Å². The second kappa shape index (κ2) is 7.45. The Morgan fingerprint density at radius 1 is 1.08 bits per heavy atom. The van der Waals surface area contributed by atoms with Gasteiger partial charge in [-0.3, -0.25) is 19.7 Å². The molecule has 2 aromatic heterocycles. The van der Waals surface area contributed by atoms with Crippen molar-refractivity contribution in [1.29, 1.82) is 0 Å². The topological polar surface area (TPSA) is 99.8 Å². The van der Waals surface area contributed by atoms with E-state index in [1.54, 1.807) is 42.6 Å². The molecule has 126 valence electrons. The molecular weight excluding hydrogens is 410 g/mol. The van der Waals surface area contributed by atoms with Gasteiger partial charge in [-0.2, -0.15) is 5.10 Å². The van der Waals surface area contributed by atoms with Gasteiger partial charge in [0.25, 0.3) is 11.8 Å². The molecule has 2 amide bonds. The normalized spacial score (nSPS) is 10.3. The van der Waals surface area contributed by atoms with Gasteiger partial charge in [-0.1, -0.05) is 23.7 Å². The molecule has 0 saturated carbocycles. The third-order valence-electron chi connectivity index (χ3n) is 3.20. The molecule has 0 radical (unpaired) electrons. The van der Waals surface area contributed by atoms with Crippen LogP contribution in [0.4, 0.5) is 11.5 Å². The first-order valence-corrected chi connectivity index (χ1v) is 8.24. The molecule has 25 heavy (non-hydrogen) atoms. The lowest BCUT2D eigenvalue weighted by Gasteiger charge is -2.05. The molecule has 2 heterocycles. The molecule has 0 fully saturated rings. The molecule has 3 aromatic rings. The molecule has 7 nitrogen and oxygen atoms in total. The van der Waals surface area contributed by atoms with E-state index in [-0.39, 0.29) is 11.5 Å². The van der Waals surface area contributed by atoms with Gasteiger partial charge in [0.05, 0.1) is 26.9 Å². The van der Waals surface area contributed by atoms with Gasteiger partial charge in [-0.25, -0.2) is 0 Å². The zero-order chi connectivity index (χ0) is 17.8. The minimum Gasteiger partial charge on any atom is -0.319 e. The Morgan fingerprint density at radius 2 is 1.88 bits per heavy atom. The third kappa shape index (κ3) is 3.86. The monoisotopic (exact) mass is 419 g/mol. The number of pyridine rings is 1. The minimum absolute atomic E-state index is 0.165. The fourth-order valence-electron chi connectivity index (χ4n) is 2.01.